The van der Waals surface area contributed by atoms with Gasteiger partial charge in [0.15, 0.2) is 5.82 Å². The third-order valence-electron chi connectivity index (χ3n) is 3.71. The average molecular weight is 336 g/mol. The summed E-state index contributed by atoms with van der Waals surface area (Å²) >= 11 is 0. The van der Waals surface area contributed by atoms with Crippen LogP contribution in [0.25, 0.3) is 5.82 Å². The van der Waals surface area contributed by atoms with Crippen LogP contribution in [0.3, 0.4) is 0 Å². The molecule has 0 radical (unpaired) electrons. The minimum absolute atomic E-state index is 0.203. The van der Waals surface area contributed by atoms with Crippen LogP contribution in [-0.4, -0.2) is 38.6 Å². The maximum Gasteiger partial charge on any atom is 0.255 e. The fourth-order valence-corrected chi connectivity index (χ4v) is 2.36. The molecule has 0 saturated heterocycles. The molecule has 8 heteroatoms. The number of amides is 2. The first-order valence-electron chi connectivity index (χ1n) is 7.54. The summed E-state index contributed by atoms with van der Waals surface area (Å²) in [6, 6.07) is 8.40. The van der Waals surface area contributed by atoms with Crippen molar-refractivity contribution in [2.24, 2.45) is 0 Å². The molecule has 2 amide bonds. The van der Waals surface area contributed by atoms with E-state index in [0.717, 1.165) is 0 Å². The molecule has 2 heterocycles. The van der Waals surface area contributed by atoms with E-state index in [9.17, 15) is 9.59 Å². The molecule has 0 bridgehead atoms. The predicted molar refractivity (Wildman–Crippen MR) is 91.7 cm³/mol. The Labute approximate surface area is 143 Å². The van der Waals surface area contributed by atoms with Crippen LogP contribution in [0, 0.1) is 6.92 Å². The Morgan fingerprint density at radius 1 is 1.16 bits per heavy atom. The molecule has 2 N–H and O–H groups in total. The second kappa shape index (κ2) is 6.91. The second-order valence-electron chi connectivity index (χ2n) is 5.25. The summed E-state index contributed by atoms with van der Waals surface area (Å²) < 4.78 is 1.47. The zero-order valence-electron chi connectivity index (χ0n) is 13.7. The Kier molecular flexibility index (Phi) is 4.51. The molecule has 0 unspecified atom stereocenters. The normalized spacial score (nSPS) is 10.3. The van der Waals surface area contributed by atoms with Crippen molar-refractivity contribution in [3.05, 3.63) is 65.9 Å². The van der Waals surface area contributed by atoms with Crippen molar-refractivity contribution in [1.82, 2.24) is 25.1 Å². The predicted octanol–water partition coefficient (Wildman–Crippen LogP) is 1.58. The summed E-state index contributed by atoms with van der Waals surface area (Å²) in [6.45, 7) is 1.79. The van der Waals surface area contributed by atoms with Crippen molar-refractivity contribution >= 4 is 17.5 Å². The van der Waals surface area contributed by atoms with E-state index >= 15 is 0 Å². The lowest BCUT2D eigenvalue weighted by atomic mass is 10.1. The van der Waals surface area contributed by atoms with Gasteiger partial charge in [0.2, 0.25) is 0 Å². The highest BCUT2D eigenvalue weighted by atomic mass is 16.2. The number of benzene rings is 1. The van der Waals surface area contributed by atoms with Gasteiger partial charge in [-0.05, 0) is 36.8 Å². The van der Waals surface area contributed by atoms with Gasteiger partial charge in [-0.3, -0.25) is 9.59 Å². The minimum Gasteiger partial charge on any atom is -0.355 e. The van der Waals surface area contributed by atoms with E-state index in [0.29, 0.717) is 28.2 Å². The Hall–Kier alpha value is -3.55. The zero-order valence-corrected chi connectivity index (χ0v) is 13.7. The monoisotopic (exact) mass is 336 g/mol. The molecule has 0 spiro atoms. The van der Waals surface area contributed by atoms with Gasteiger partial charge in [0.1, 0.15) is 12.7 Å². The summed E-state index contributed by atoms with van der Waals surface area (Å²) in [7, 11) is 1.57. The fourth-order valence-electron chi connectivity index (χ4n) is 2.36. The first-order chi connectivity index (χ1) is 12.1. The zero-order chi connectivity index (χ0) is 17.8. The molecule has 25 heavy (non-hydrogen) atoms. The Morgan fingerprint density at radius 3 is 2.72 bits per heavy atom. The van der Waals surface area contributed by atoms with Crippen LogP contribution in [0.15, 0.2) is 49.2 Å². The highest BCUT2D eigenvalue weighted by Crippen LogP contribution is 2.20. The van der Waals surface area contributed by atoms with E-state index in [1.807, 2.05) is 0 Å². The van der Waals surface area contributed by atoms with E-state index in [4.69, 9.17) is 0 Å². The van der Waals surface area contributed by atoms with Gasteiger partial charge in [-0.2, -0.15) is 5.10 Å². The lowest BCUT2D eigenvalue weighted by molar-refractivity contribution is 0.0960. The molecule has 0 fully saturated rings. The van der Waals surface area contributed by atoms with Gasteiger partial charge < -0.3 is 10.6 Å². The first-order valence-corrected chi connectivity index (χ1v) is 7.54. The van der Waals surface area contributed by atoms with Crippen LogP contribution in [0.2, 0.25) is 0 Å². The summed E-state index contributed by atoms with van der Waals surface area (Å²) in [6.07, 6.45) is 4.42. The Bertz CT molecular complexity index is 921. The fraction of sp³-hybridized carbons (Fsp3) is 0.118. The van der Waals surface area contributed by atoms with Crippen molar-refractivity contribution in [3.8, 4) is 5.82 Å². The Morgan fingerprint density at radius 2 is 2.00 bits per heavy atom. The minimum atomic E-state index is -0.305. The quantitative estimate of drug-likeness (QED) is 0.753. The van der Waals surface area contributed by atoms with Gasteiger partial charge in [0, 0.05) is 30.1 Å². The number of pyridine rings is 1. The number of nitrogens with one attached hydrogen (secondary N) is 2. The molecule has 0 saturated carbocycles. The van der Waals surface area contributed by atoms with E-state index in [-0.39, 0.29) is 11.8 Å². The van der Waals surface area contributed by atoms with Gasteiger partial charge in [-0.25, -0.2) is 14.6 Å². The molecule has 0 atom stereocenters. The van der Waals surface area contributed by atoms with Gasteiger partial charge in [0.05, 0.1) is 0 Å². The number of hydrogen-bond acceptors (Lipinski definition) is 5. The molecule has 3 rings (SSSR count). The van der Waals surface area contributed by atoms with E-state index in [1.165, 1.54) is 23.5 Å². The number of aromatic nitrogens is 4. The van der Waals surface area contributed by atoms with Crippen molar-refractivity contribution in [2.75, 3.05) is 12.4 Å². The van der Waals surface area contributed by atoms with Crippen molar-refractivity contribution in [3.63, 3.8) is 0 Å². The first kappa shape index (κ1) is 16.3. The summed E-state index contributed by atoms with van der Waals surface area (Å²) in [5.74, 6) is -0.0205. The molecular weight excluding hydrogens is 320 g/mol. The number of carbonyl (C=O) groups excluding carboxylic acids is 2. The molecule has 0 aliphatic rings. The average Bonchev–Trinajstić information content (AvgIpc) is 3.17. The van der Waals surface area contributed by atoms with Crippen LogP contribution in [0.5, 0.6) is 0 Å². The SMILES string of the molecule is CNC(=O)c1cccc(NC(=O)c2ccnc(-n3cncn3)c2)c1C. The Balaban J connectivity index is 1.86. The maximum absolute atomic E-state index is 12.6. The summed E-state index contributed by atoms with van der Waals surface area (Å²) in [4.78, 5) is 32.4. The van der Waals surface area contributed by atoms with Crippen molar-refractivity contribution in [2.45, 2.75) is 6.92 Å². The van der Waals surface area contributed by atoms with Crippen LogP contribution >= 0.6 is 0 Å². The third kappa shape index (κ3) is 3.37. The van der Waals surface area contributed by atoms with Gasteiger partial charge >= 0.3 is 0 Å². The van der Waals surface area contributed by atoms with Gasteiger partial charge in [-0.15, -0.1) is 0 Å². The number of carbonyl (C=O) groups is 2. The summed E-state index contributed by atoms with van der Waals surface area (Å²) in [5, 5.41) is 9.40. The molecule has 126 valence electrons. The smallest absolute Gasteiger partial charge is 0.255 e. The maximum atomic E-state index is 12.6. The highest BCUT2D eigenvalue weighted by molar-refractivity contribution is 6.06. The molecule has 2 aromatic heterocycles. The number of anilines is 1. The molecule has 0 aliphatic carbocycles. The van der Waals surface area contributed by atoms with E-state index in [2.05, 4.69) is 25.7 Å². The van der Waals surface area contributed by atoms with Crippen LogP contribution in [0.1, 0.15) is 26.3 Å². The van der Waals surface area contributed by atoms with Gasteiger partial charge in [-0.1, -0.05) is 6.07 Å². The highest BCUT2D eigenvalue weighted by Gasteiger charge is 2.14. The second-order valence-corrected chi connectivity index (χ2v) is 5.25. The number of hydrogen-bond donors (Lipinski definition) is 2. The van der Waals surface area contributed by atoms with Crippen molar-refractivity contribution < 1.29 is 9.59 Å². The van der Waals surface area contributed by atoms with E-state index < -0.39 is 0 Å². The molecule has 3 aromatic rings. The topological polar surface area (TPSA) is 102 Å². The van der Waals surface area contributed by atoms with E-state index in [1.54, 1.807) is 44.3 Å². The lowest BCUT2D eigenvalue weighted by Crippen LogP contribution is -2.20. The standard InChI is InChI=1S/C17H16N6O2/c1-11-13(17(25)18-2)4-3-5-14(11)22-16(24)12-6-7-20-15(8-12)23-10-19-9-21-23/h3-10H,1-2H3,(H,18,25)(H,22,24). The largest absolute Gasteiger partial charge is 0.355 e. The third-order valence-corrected chi connectivity index (χ3v) is 3.71. The lowest BCUT2D eigenvalue weighted by Gasteiger charge is -2.12. The number of nitrogens with zero attached hydrogens (tertiary/aromatic N) is 4. The van der Waals surface area contributed by atoms with Crippen LogP contribution < -0.4 is 10.6 Å². The molecule has 0 aliphatic heterocycles. The van der Waals surface area contributed by atoms with Crippen LogP contribution in [0.4, 0.5) is 5.69 Å². The number of rotatable bonds is 4. The van der Waals surface area contributed by atoms with Crippen molar-refractivity contribution in [1.29, 1.82) is 0 Å². The van der Waals surface area contributed by atoms with Crippen LogP contribution in [-0.2, 0) is 0 Å². The van der Waals surface area contributed by atoms with Gasteiger partial charge in [0.25, 0.3) is 11.8 Å². The molecular formula is C17H16N6O2. The molecule has 8 nitrogen and oxygen atoms in total. The molecule has 1 aromatic carbocycles. The summed E-state index contributed by atoms with van der Waals surface area (Å²) in [5.41, 5.74) is 2.20.